The van der Waals surface area contributed by atoms with Crippen LogP contribution in [0.3, 0.4) is 0 Å². The van der Waals surface area contributed by atoms with Crippen LogP contribution in [0.1, 0.15) is 20.8 Å². The number of hydrogen-bond acceptors (Lipinski definition) is 1. The van der Waals surface area contributed by atoms with Crippen LogP contribution in [-0.2, 0) is 0 Å². The van der Waals surface area contributed by atoms with Crippen LogP contribution in [0.5, 0.6) is 0 Å². The van der Waals surface area contributed by atoms with Gasteiger partial charge in [0.05, 0.1) is 5.60 Å². The van der Waals surface area contributed by atoms with Gasteiger partial charge in [-0.2, -0.15) is 0 Å². The van der Waals surface area contributed by atoms with Gasteiger partial charge < -0.3 is 5.11 Å². The average Bonchev–Trinajstić information content (AvgIpc) is 1.88. The van der Waals surface area contributed by atoms with E-state index in [9.17, 15) is 0 Å². The molecule has 0 radical (unpaired) electrons. The molecule has 0 aliphatic heterocycles. The topological polar surface area (TPSA) is 20.2 Å². The third kappa shape index (κ3) is 17.7. The van der Waals surface area contributed by atoms with Gasteiger partial charge in [0.25, 0.3) is 0 Å². The Morgan fingerprint density at radius 1 is 1.00 bits per heavy atom. The third-order valence-electron chi connectivity index (χ3n) is 0.536. The largest absolute Gasteiger partial charge is 0.391 e. The van der Waals surface area contributed by atoms with Crippen molar-refractivity contribution in [2.45, 2.75) is 26.4 Å². The van der Waals surface area contributed by atoms with E-state index in [4.69, 9.17) is 5.11 Å². The van der Waals surface area contributed by atoms with Crippen molar-refractivity contribution in [2.75, 3.05) is 0 Å². The molecule has 0 fully saturated rings. The van der Waals surface area contributed by atoms with Gasteiger partial charge in [0, 0.05) is 0 Å². The van der Waals surface area contributed by atoms with Crippen molar-refractivity contribution in [2.24, 2.45) is 0 Å². The molecule has 0 amide bonds. The lowest BCUT2D eigenvalue weighted by molar-refractivity contribution is 0.102. The highest BCUT2D eigenvalue weighted by Gasteiger charge is 1.97. The van der Waals surface area contributed by atoms with E-state index >= 15 is 0 Å². The molecule has 0 bridgehead atoms. The van der Waals surface area contributed by atoms with E-state index in [1.165, 1.54) is 0 Å². The molecule has 2 heteroatoms. The predicted molar refractivity (Wildman–Crippen MR) is 50.7 cm³/mol. The van der Waals surface area contributed by atoms with E-state index in [-0.39, 0.29) is 0 Å². The fraction of sp³-hybridized carbons (Fsp3) is 0.444. The predicted octanol–water partition coefficient (Wildman–Crippen LogP) is 2.81. The lowest BCUT2D eigenvalue weighted by Crippen LogP contribution is -2.10. The van der Waals surface area contributed by atoms with Gasteiger partial charge in [0.15, 0.2) is 10.8 Å². The van der Waals surface area contributed by atoms with Gasteiger partial charge in [-0.3, -0.25) is 0 Å². The van der Waals surface area contributed by atoms with E-state index in [2.05, 4.69) is 0 Å². The maximum absolute atomic E-state index is 8.52. The molecule has 1 aromatic heterocycles. The van der Waals surface area contributed by atoms with Gasteiger partial charge in [0.1, 0.15) is 0 Å². The highest BCUT2D eigenvalue weighted by molar-refractivity contribution is 7.07. The monoisotopic (exact) mass is 171 g/mol. The Bertz CT molecular complexity index is 134. The van der Waals surface area contributed by atoms with Crippen LogP contribution < -0.4 is 0 Å². The van der Waals surface area contributed by atoms with E-state index in [0.717, 1.165) is 0 Å². The fourth-order valence-corrected chi connectivity index (χ4v) is 0.745. The second kappa shape index (κ2) is 5.22. The van der Waals surface area contributed by atoms with E-state index in [1.807, 2.05) is 29.0 Å². The SMILES string of the molecule is CC(C)(C)O.c1cc[s+]cc1. The molecule has 0 unspecified atom stereocenters. The van der Waals surface area contributed by atoms with Crippen LogP contribution in [-0.4, -0.2) is 10.7 Å². The van der Waals surface area contributed by atoms with E-state index in [0.29, 0.717) is 0 Å². The van der Waals surface area contributed by atoms with E-state index in [1.54, 1.807) is 32.1 Å². The standard InChI is InChI=1S/C5H5S.C4H10O/c1-2-4-6-5-3-1;1-4(2,3)5/h1-5H;5H,1-3H3/q+1;. The summed E-state index contributed by atoms with van der Waals surface area (Å²) in [5, 5.41) is 12.6. The Hall–Kier alpha value is -0.470. The molecule has 1 aromatic rings. The molecule has 0 saturated carbocycles. The molecular weight excluding hydrogens is 156 g/mol. The van der Waals surface area contributed by atoms with E-state index < -0.39 is 5.60 Å². The summed E-state index contributed by atoms with van der Waals surface area (Å²) in [6.07, 6.45) is 0. The van der Waals surface area contributed by atoms with Crippen LogP contribution in [0.4, 0.5) is 0 Å². The molecule has 1 nitrogen and oxygen atoms in total. The number of rotatable bonds is 0. The number of aliphatic hydroxyl groups is 1. The highest BCUT2D eigenvalue weighted by atomic mass is 32.1. The van der Waals surface area contributed by atoms with Crippen molar-refractivity contribution in [3.63, 3.8) is 0 Å². The first-order valence-electron chi connectivity index (χ1n) is 3.53. The normalized spacial score (nSPS) is 9.82. The summed E-state index contributed by atoms with van der Waals surface area (Å²) >= 11 is 1.70. The Morgan fingerprint density at radius 3 is 1.45 bits per heavy atom. The zero-order valence-electron chi connectivity index (χ0n) is 7.24. The van der Waals surface area contributed by atoms with Crippen molar-refractivity contribution in [1.29, 1.82) is 0 Å². The van der Waals surface area contributed by atoms with Crippen LogP contribution in [0.15, 0.2) is 29.0 Å². The van der Waals surface area contributed by atoms with Gasteiger partial charge in [-0.25, -0.2) is 0 Å². The van der Waals surface area contributed by atoms with Crippen molar-refractivity contribution < 1.29 is 5.11 Å². The third-order valence-corrected chi connectivity index (χ3v) is 1.17. The van der Waals surface area contributed by atoms with Crippen LogP contribution in [0, 0.1) is 0 Å². The molecule has 0 aromatic carbocycles. The van der Waals surface area contributed by atoms with Crippen LogP contribution in [0.2, 0.25) is 0 Å². The lowest BCUT2D eigenvalue weighted by atomic mass is 10.2. The molecule has 0 saturated heterocycles. The smallest absolute Gasteiger partial charge is 0.211 e. The molecule has 0 aliphatic carbocycles. The summed E-state index contributed by atoms with van der Waals surface area (Å²) in [5.74, 6) is 0. The number of hydrogen-bond donors (Lipinski definition) is 1. The molecule has 0 aliphatic rings. The summed E-state index contributed by atoms with van der Waals surface area (Å²) in [6.45, 7) is 5.23. The van der Waals surface area contributed by atoms with Crippen LogP contribution >= 0.6 is 11.3 Å². The Kier molecular flexibility index (Phi) is 4.99. The summed E-state index contributed by atoms with van der Waals surface area (Å²) in [7, 11) is 0. The molecule has 1 heterocycles. The van der Waals surface area contributed by atoms with Crippen LogP contribution in [0.25, 0.3) is 0 Å². The zero-order valence-corrected chi connectivity index (χ0v) is 8.06. The molecule has 62 valence electrons. The lowest BCUT2D eigenvalue weighted by Gasteiger charge is -2.04. The summed E-state index contributed by atoms with van der Waals surface area (Å²) in [5.41, 5.74) is -0.500. The second-order valence-electron chi connectivity index (χ2n) is 3.16. The van der Waals surface area contributed by atoms with Gasteiger partial charge in [0.2, 0.25) is 11.3 Å². The molecular formula is C9H15OS+. The second-order valence-corrected chi connectivity index (χ2v) is 3.97. The first-order chi connectivity index (χ1) is 5.00. The molecule has 1 rings (SSSR count). The Balaban J connectivity index is 0.000000187. The maximum atomic E-state index is 8.52. The van der Waals surface area contributed by atoms with Crippen molar-refractivity contribution in [3.8, 4) is 0 Å². The van der Waals surface area contributed by atoms with Gasteiger partial charge in [-0.1, -0.05) is 6.07 Å². The highest BCUT2D eigenvalue weighted by Crippen LogP contribution is 1.93. The van der Waals surface area contributed by atoms with Crippen molar-refractivity contribution in [1.82, 2.24) is 0 Å². The molecule has 0 spiro atoms. The summed E-state index contributed by atoms with van der Waals surface area (Å²) in [6, 6.07) is 6.05. The van der Waals surface area contributed by atoms with Gasteiger partial charge >= 0.3 is 0 Å². The molecule has 1 N–H and O–H groups in total. The Labute approximate surface area is 72.3 Å². The minimum absolute atomic E-state index is 0.500. The minimum Gasteiger partial charge on any atom is -0.391 e. The van der Waals surface area contributed by atoms with Crippen molar-refractivity contribution in [3.05, 3.63) is 29.0 Å². The van der Waals surface area contributed by atoms with Gasteiger partial charge in [-0.15, -0.1) is 0 Å². The zero-order chi connectivity index (χ0) is 8.74. The van der Waals surface area contributed by atoms with Crippen molar-refractivity contribution >= 4 is 11.3 Å². The maximum Gasteiger partial charge on any atom is 0.211 e. The quantitative estimate of drug-likeness (QED) is 0.595. The Morgan fingerprint density at radius 2 is 1.36 bits per heavy atom. The molecule has 0 atom stereocenters. The first-order valence-corrected chi connectivity index (χ1v) is 4.47. The average molecular weight is 171 g/mol. The first kappa shape index (κ1) is 10.5. The summed E-state index contributed by atoms with van der Waals surface area (Å²) < 4.78 is 0. The molecule has 11 heavy (non-hydrogen) atoms. The minimum atomic E-state index is -0.500. The summed E-state index contributed by atoms with van der Waals surface area (Å²) in [4.78, 5) is 0. The van der Waals surface area contributed by atoms with Gasteiger partial charge in [-0.05, 0) is 32.9 Å². The fourth-order valence-electron chi connectivity index (χ4n) is 0.291.